The van der Waals surface area contributed by atoms with Gasteiger partial charge in [0.15, 0.2) is 5.82 Å². The van der Waals surface area contributed by atoms with Crippen molar-refractivity contribution >= 4 is 11.8 Å². The Morgan fingerprint density at radius 2 is 2.15 bits per heavy atom. The fraction of sp³-hybridized carbons (Fsp3) is 0.538. The van der Waals surface area contributed by atoms with Crippen LogP contribution in [0.5, 0.6) is 0 Å². The van der Waals surface area contributed by atoms with E-state index in [1.54, 1.807) is 13.1 Å². The van der Waals surface area contributed by atoms with Gasteiger partial charge in [-0.2, -0.15) is 9.97 Å². The Bertz CT molecular complexity index is 555. The molecule has 2 aromatic rings. The van der Waals surface area contributed by atoms with E-state index in [1.807, 2.05) is 24.9 Å². The van der Waals surface area contributed by atoms with Crippen LogP contribution in [0.3, 0.4) is 0 Å². The lowest BCUT2D eigenvalue weighted by Crippen LogP contribution is -2.19. The zero-order valence-electron chi connectivity index (χ0n) is 12.3. The number of hydrogen-bond acceptors (Lipinski definition) is 7. The first kappa shape index (κ1) is 14.2. The van der Waals surface area contributed by atoms with Crippen LogP contribution in [0, 0.1) is 6.92 Å². The summed E-state index contributed by atoms with van der Waals surface area (Å²) in [5, 5.41) is 7.04. The second-order valence-electron chi connectivity index (χ2n) is 4.54. The van der Waals surface area contributed by atoms with Gasteiger partial charge < -0.3 is 14.7 Å². The van der Waals surface area contributed by atoms with E-state index in [1.165, 1.54) is 0 Å². The topological polar surface area (TPSA) is 80.0 Å². The highest BCUT2D eigenvalue weighted by Gasteiger charge is 2.17. The zero-order valence-corrected chi connectivity index (χ0v) is 12.3. The van der Waals surface area contributed by atoms with E-state index in [2.05, 4.69) is 32.3 Å². The summed E-state index contributed by atoms with van der Waals surface area (Å²) in [4.78, 5) is 15.0. The Morgan fingerprint density at radius 3 is 2.75 bits per heavy atom. The van der Waals surface area contributed by atoms with Crippen LogP contribution >= 0.6 is 0 Å². The minimum Gasteiger partial charge on any atom is -0.360 e. The van der Waals surface area contributed by atoms with Gasteiger partial charge in [0, 0.05) is 19.8 Å². The van der Waals surface area contributed by atoms with Gasteiger partial charge in [-0.15, -0.1) is 0 Å². The normalized spacial score (nSPS) is 12.2. The van der Waals surface area contributed by atoms with Gasteiger partial charge in [0.25, 0.3) is 0 Å². The molecule has 0 amide bonds. The van der Waals surface area contributed by atoms with Gasteiger partial charge in [-0.1, -0.05) is 12.1 Å². The first-order valence-corrected chi connectivity index (χ1v) is 6.75. The molecule has 7 heteroatoms. The molecule has 0 aromatic carbocycles. The van der Waals surface area contributed by atoms with E-state index < -0.39 is 0 Å². The maximum Gasteiger partial charge on any atom is 0.249 e. The van der Waals surface area contributed by atoms with Crippen molar-refractivity contribution in [1.82, 2.24) is 20.1 Å². The number of rotatable bonds is 6. The number of aryl methyl sites for hydroxylation is 1. The van der Waals surface area contributed by atoms with Crippen molar-refractivity contribution in [2.45, 2.75) is 33.2 Å². The lowest BCUT2D eigenvalue weighted by molar-refractivity contribution is 0.356. The molecular formula is C13H20N6O. The molecule has 1 unspecified atom stereocenters. The predicted molar refractivity (Wildman–Crippen MR) is 76.7 cm³/mol. The van der Waals surface area contributed by atoms with Crippen LogP contribution in [0.25, 0.3) is 0 Å². The van der Waals surface area contributed by atoms with Crippen molar-refractivity contribution in [3.63, 3.8) is 0 Å². The van der Waals surface area contributed by atoms with Crippen LogP contribution in [0.4, 0.5) is 11.8 Å². The van der Waals surface area contributed by atoms with E-state index in [4.69, 9.17) is 4.52 Å². The van der Waals surface area contributed by atoms with Gasteiger partial charge >= 0.3 is 0 Å². The smallest absolute Gasteiger partial charge is 0.249 e. The Hall–Kier alpha value is -2.18. The van der Waals surface area contributed by atoms with E-state index >= 15 is 0 Å². The molecular weight excluding hydrogens is 256 g/mol. The molecule has 0 fully saturated rings. The van der Waals surface area contributed by atoms with Gasteiger partial charge in [-0.05, 0) is 26.3 Å². The van der Waals surface area contributed by atoms with E-state index in [-0.39, 0.29) is 6.04 Å². The Morgan fingerprint density at radius 1 is 1.35 bits per heavy atom. The number of anilines is 2. The molecule has 20 heavy (non-hydrogen) atoms. The molecule has 0 aliphatic heterocycles. The largest absolute Gasteiger partial charge is 0.360 e. The van der Waals surface area contributed by atoms with Crippen molar-refractivity contribution in [2.75, 3.05) is 23.8 Å². The van der Waals surface area contributed by atoms with E-state index in [0.29, 0.717) is 17.7 Å². The SMILES string of the molecule is CCC(Nc1nccc(N(C)CC)n1)c1nc(C)no1. The van der Waals surface area contributed by atoms with Crippen LogP contribution in [0.15, 0.2) is 16.8 Å². The summed E-state index contributed by atoms with van der Waals surface area (Å²) in [6.07, 6.45) is 2.54. The minimum atomic E-state index is -0.0848. The van der Waals surface area contributed by atoms with E-state index in [0.717, 1.165) is 18.8 Å². The van der Waals surface area contributed by atoms with Crippen molar-refractivity contribution in [1.29, 1.82) is 0 Å². The molecule has 0 bridgehead atoms. The Kier molecular flexibility index (Phi) is 4.49. The highest BCUT2D eigenvalue weighted by Crippen LogP contribution is 2.20. The predicted octanol–water partition coefficient (Wildman–Crippen LogP) is 2.19. The molecule has 2 rings (SSSR count). The molecule has 0 saturated heterocycles. The second kappa shape index (κ2) is 6.31. The van der Waals surface area contributed by atoms with Crippen molar-refractivity contribution < 1.29 is 4.52 Å². The van der Waals surface area contributed by atoms with Crippen LogP contribution in [0.2, 0.25) is 0 Å². The Labute approximate surface area is 118 Å². The van der Waals surface area contributed by atoms with Crippen molar-refractivity contribution in [2.24, 2.45) is 0 Å². The maximum atomic E-state index is 5.20. The third-order valence-corrected chi connectivity index (χ3v) is 3.06. The molecule has 1 atom stereocenters. The van der Waals surface area contributed by atoms with Crippen molar-refractivity contribution in [3.8, 4) is 0 Å². The summed E-state index contributed by atoms with van der Waals surface area (Å²) in [5.74, 6) is 2.62. The van der Waals surface area contributed by atoms with Crippen LogP contribution < -0.4 is 10.2 Å². The third-order valence-electron chi connectivity index (χ3n) is 3.06. The number of nitrogens with one attached hydrogen (secondary N) is 1. The highest BCUT2D eigenvalue weighted by atomic mass is 16.5. The lowest BCUT2D eigenvalue weighted by atomic mass is 10.2. The summed E-state index contributed by atoms with van der Waals surface area (Å²) < 4.78 is 5.20. The first-order valence-electron chi connectivity index (χ1n) is 6.75. The monoisotopic (exact) mass is 276 g/mol. The fourth-order valence-electron chi connectivity index (χ4n) is 1.74. The average molecular weight is 276 g/mol. The van der Waals surface area contributed by atoms with Gasteiger partial charge in [0.05, 0.1) is 0 Å². The van der Waals surface area contributed by atoms with Crippen molar-refractivity contribution in [3.05, 3.63) is 24.0 Å². The van der Waals surface area contributed by atoms with Crippen LogP contribution in [-0.2, 0) is 0 Å². The molecule has 7 nitrogen and oxygen atoms in total. The fourth-order valence-corrected chi connectivity index (χ4v) is 1.74. The number of hydrogen-bond donors (Lipinski definition) is 1. The lowest BCUT2D eigenvalue weighted by Gasteiger charge is -2.17. The van der Waals surface area contributed by atoms with E-state index in [9.17, 15) is 0 Å². The molecule has 0 spiro atoms. The van der Waals surface area contributed by atoms with Gasteiger partial charge in [0.2, 0.25) is 11.8 Å². The van der Waals surface area contributed by atoms with Crippen LogP contribution in [-0.4, -0.2) is 33.7 Å². The summed E-state index contributed by atoms with van der Waals surface area (Å²) in [5.41, 5.74) is 0. The third kappa shape index (κ3) is 3.23. The Balaban J connectivity index is 2.15. The summed E-state index contributed by atoms with van der Waals surface area (Å²) in [6.45, 7) is 6.80. The first-order chi connectivity index (χ1) is 9.63. The molecule has 2 heterocycles. The maximum absolute atomic E-state index is 5.20. The number of nitrogens with zero attached hydrogens (tertiary/aromatic N) is 5. The standard InChI is InChI=1S/C13H20N6O/c1-5-10(12-15-9(3)18-20-12)16-13-14-8-7-11(17-13)19(4)6-2/h7-8,10H,5-6H2,1-4H3,(H,14,16,17). The van der Waals surface area contributed by atoms with Gasteiger partial charge in [-0.25, -0.2) is 4.98 Å². The summed E-state index contributed by atoms with van der Waals surface area (Å²) in [7, 11) is 1.99. The molecule has 108 valence electrons. The number of aromatic nitrogens is 4. The second-order valence-corrected chi connectivity index (χ2v) is 4.54. The summed E-state index contributed by atoms with van der Waals surface area (Å²) in [6, 6.07) is 1.80. The quantitative estimate of drug-likeness (QED) is 0.866. The molecule has 2 aromatic heterocycles. The molecule has 0 aliphatic carbocycles. The van der Waals surface area contributed by atoms with Gasteiger partial charge in [-0.3, -0.25) is 0 Å². The molecule has 0 saturated carbocycles. The average Bonchev–Trinajstić information content (AvgIpc) is 2.90. The summed E-state index contributed by atoms with van der Waals surface area (Å²) >= 11 is 0. The molecule has 0 radical (unpaired) electrons. The highest BCUT2D eigenvalue weighted by molar-refractivity contribution is 5.42. The molecule has 1 N–H and O–H groups in total. The molecule has 0 aliphatic rings. The minimum absolute atomic E-state index is 0.0848. The zero-order chi connectivity index (χ0) is 14.5. The van der Waals surface area contributed by atoms with Crippen LogP contribution in [0.1, 0.15) is 38.0 Å². The van der Waals surface area contributed by atoms with Gasteiger partial charge in [0.1, 0.15) is 11.9 Å².